The van der Waals surface area contributed by atoms with Crippen LogP contribution in [0.5, 0.6) is 0 Å². The first-order valence-corrected chi connectivity index (χ1v) is 5.97. The number of hydrogen-bond donors (Lipinski definition) is 1. The minimum Gasteiger partial charge on any atom is -0.348 e. The smallest absolute Gasteiger partial charge is 0.234 e. The molecule has 0 bridgehead atoms. The molecule has 1 fully saturated rings. The minimum absolute atomic E-state index is 0.181. The fourth-order valence-corrected chi connectivity index (χ4v) is 2.78. The number of carbonyl (C=O) groups excluding carboxylic acids is 2. The molecule has 4 heteroatoms. The van der Waals surface area contributed by atoms with Gasteiger partial charge < -0.3 is 4.57 Å². The number of carbonyl (C=O) groups is 2. The Labute approximate surface area is 105 Å². The van der Waals surface area contributed by atoms with Crippen molar-refractivity contribution in [3.63, 3.8) is 0 Å². The zero-order valence-corrected chi connectivity index (χ0v) is 10.4. The molecule has 0 radical (unpaired) electrons. The van der Waals surface area contributed by atoms with Gasteiger partial charge in [0.15, 0.2) is 0 Å². The maximum atomic E-state index is 11.8. The van der Waals surface area contributed by atoms with Gasteiger partial charge in [0.2, 0.25) is 11.8 Å². The van der Waals surface area contributed by atoms with Crippen LogP contribution in [0.3, 0.4) is 0 Å². The van der Waals surface area contributed by atoms with Crippen molar-refractivity contribution in [3.8, 4) is 0 Å². The Kier molecular flexibility index (Phi) is 2.26. The number of benzene rings is 1. The number of nitrogens with zero attached hydrogens (tertiary/aromatic N) is 1. The fraction of sp³-hybridized carbons (Fsp3) is 0.286. The predicted molar refractivity (Wildman–Crippen MR) is 68.2 cm³/mol. The first-order valence-electron chi connectivity index (χ1n) is 5.97. The quantitative estimate of drug-likeness (QED) is 0.772. The highest BCUT2D eigenvalue weighted by atomic mass is 16.2. The molecule has 1 aromatic carbocycles. The zero-order valence-electron chi connectivity index (χ0n) is 10.4. The van der Waals surface area contributed by atoms with E-state index in [1.807, 2.05) is 38.2 Å². The third-order valence-electron chi connectivity index (χ3n) is 3.77. The van der Waals surface area contributed by atoms with Crippen LogP contribution in [0.2, 0.25) is 0 Å². The van der Waals surface area contributed by atoms with Gasteiger partial charge in [-0.3, -0.25) is 14.9 Å². The summed E-state index contributed by atoms with van der Waals surface area (Å²) in [4.78, 5) is 23.2. The molecule has 0 aliphatic carbocycles. The molecule has 1 aromatic heterocycles. The summed E-state index contributed by atoms with van der Waals surface area (Å²) in [5.74, 6) is -0.708. The second kappa shape index (κ2) is 3.70. The number of para-hydroxylation sites is 1. The van der Waals surface area contributed by atoms with Gasteiger partial charge >= 0.3 is 0 Å². The van der Waals surface area contributed by atoms with E-state index in [9.17, 15) is 9.59 Å². The molecule has 1 atom stereocenters. The van der Waals surface area contributed by atoms with Gasteiger partial charge in [-0.15, -0.1) is 0 Å². The van der Waals surface area contributed by atoms with Crippen molar-refractivity contribution in [2.24, 2.45) is 7.05 Å². The minimum atomic E-state index is -0.344. The second-order valence-electron chi connectivity index (χ2n) is 4.74. The molecule has 1 saturated heterocycles. The van der Waals surface area contributed by atoms with Gasteiger partial charge in [-0.05, 0) is 18.6 Å². The van der Waals surface area contributed by atoms with Crippen LogP contribution in [0.25, 0.3) is 10.9 Å². The molecule has 0 saturated carbocycles. The molecule has 1 N–H and O–H groups in total. The van der Waals surface area contributed by atoms with Gasteiger partial charge in [-0.2, -0.15) is 0 Å². The third-order valence-corrected chi connectivity index (χ3v) is 3.77. The van der Waals surface area contributed by atoms with Crippen molar-refractivity contribution in [2.75, 3.05) is 0 Å². The molecule has 2 amide bonds. The summed E-state index contributed by atoms with van der Waals surface area (Å²) in [5, 5.41) is 3.44. The lowest BCUT2D eigenvalue weighted by molar-refractivity contribution is -0.125. The average Bonchev–Trinajstić information content (AvgIpc) is 2.79. The van der Waals surface area contributed by atoms with E-state index in [4.69, 9.17) is 0 Å². The average molecular weight is 242 g/mol. The standard InChI is InChI=1S/C14H14N2O2/c1-8-13(10-7-12(17)15-14(10)18)9-5-3-4-6-11(9)16(8)2/h3-6,10H,7H2,1-2H3,(H,15,17,18)/t10-/m1/s1. The number of hydrogen-bond acceptors (Lipinski definition) is 2. The Morgan fingerprint density at radius 2 is 2.00 bits per heavy atom. The van der Waals surface area contributed by atoms with Crippen molar-refractivity contribution >= 4 is 22.7 Å². The molecule has 1 aliphatic heterocycles. The van der Waals surface area contributed by atoms with E-state index in [-0.39, 0.29) is 24.2 Å². The number of nitrogens with one attached hydrogen (secondary N) is 1. The SMILES string of the molecule is Cc1c([C@H]2CC(=O)NC2=O)c2ccccc2n1C. The van der Waals surface area contributed by atoms with Crippen LogP contribution < -0.4 is 5.32 Å². The Morgan fingerprint density at radius 3 is 2.67 bits per heavy atom. The Bertz CT molecular complexity index is 670. The number of imide groups is 1. The number of fused-ring (bicyclic) bond motifs is 1. The third kappa shape index (κ3) is 1.38. The Balaban J connectivity index is 2.26. The summed E-state index contributed by atoms with van der Waals surface area (Å²) >= 11 is 0. The van der Waals surface area contributed by atoms with Crippen LogP contribution in [-0.2, 0) is 16.6 Å². The maximum absolute atomic E-state index is 11.8. The lowest BCUT2D eigenvalue weighted by atomic mass is 9.95. The number of aromatic nitrogens is 1. The highest BCUT2D eigenvalue weighted by Gasteiger charge is 2.35. The van der Waals surface area contributed by atoms with Crippen molar-refractivity contribution in [3.05, 3.63) is 35.5 Å². The fourth-order valence-electron chi connectivity index (χ4n) is 2.78. The molecule has 4 nitrogen and oxygen atoms in total. The summed E-state index contributed by atoms with van der Waals surface area (Å²) in [6.45, 7) is 1.99. The molecule has 0 spiro atoms. The molecule has 0 unspecified atom stereocenters. The summed E-state index contributed by atoms with van der Waals surface area (Å²) < 4.78 is 2.07. The highest BCUT2D eigenvalue weighted by molar-refractivity contribution is 6.08. The Morgan fingerprint density at radius 1 is 1.28 bits per heavy atom. The first kappa shape index (κ1) is 11.0. The van der Waals surface area contributed by atoms with E-state index in [0.29, 0.717) is 0 Å². The molecule has 2 aromatic rings. The van der Waals surface area contributed by atoms with Gasteiger partial charge in [0, 0.05) is 30.1 Å². The van der Waals surface area contributed by atoms with E-state index in [2.05, 4.69) is 9.88 Å². The lowest BCUT2D eigenvalue weighted by Crippen LogP contribution is -2.21. The molecule has 3 rings (SSSR count). The molecular weight excluding hydrogens is 228 g/mol. The highest BCUT2D eigenvalue weighted by Crippen LogP contribution is 2.34. The van der Waals surface area contributed by atoms with Crippen molar-refractivity contribution in [1.29, 1.82) is 0 Å². The maximum Gasteiger partial charge on any atom is 0.234 e. The van der Waals surface area contributed by atoms with Gasteiger partial charge in [0.05, 0.1) is 5.92 Å². The summed E-state index contributed by atoms with van der Waals surface area (Å²) in [5.41, 5.74) is 3.12. The van der Waals surface area contributed by atoms with Crippen LogP contribution >= 0.6 is 0 Å². The molecule has 18 heavy (non-hydrogen) atoms. The van der Waals surface area contributed by atoms with E-state index in [1.165, 1.54) is 0 Å². The van der Waals surface area contributed by atoms with E-state index >= 15 is 0 Å². The second-order valence-corrected chi connectivity index (χ2v) is 4.74. The topological polar surface area (TPSA) is 51.1 Å². The first-order chi connectivity index (χ1) is 8.59. The normalized spacial score (nSPS) is 19.6. The van der Waals surface area contributed by atoms with Crippen LogP contribution in [0, 0.1) is 6.92 Å². The molecular formula is C14H14N2O2. The van der Waals surface area contributed by atoms with Gasteiger partial charge in [-0.25, -0.2) is 0 Å². The Hall–Kier alpha value is -2.10. The van der Waals surface area contributed by atoms with Crippen LogP contribution in [0.4, 0.5) is 0 Å². The summed E-state index contributed by atoms with van der Waals surface area (Å²) in [7, 11) is 1.98. The van der Waals surface area contributed by atoms with Gasteiger partial charge in [0.1, 0.15) is 0 Å². The summed E-state index contributed by atoms with van der Waals surface area (Å²) in [6, 6.07) is 7.97. The number of amides is 2. The van der Waals surface area contributed by atoms with Crippen LogP contribution in [0.1, 0.15) is 23.6 Å². The van der Waals surface area contributed by atoms with Crippen molar-refractivity contribution < 1.29 is 9.59 Å². The van der Waals surface area contributed by atoms with E-state index < -0.39 is 0 Å². The van der Waals surface area contributed by atoms with Crippen molar-refractivity contribution in [1.82, 2.24) is 9.88 Å². The monoisotopic (exact) mass is 242 g/mol. The molecule has 92 valence electrons. The van der Waals surface area contributed by atoms with E-state index in [1.54, 1.807) is 0 Å². The van der Waals surface area contributed by atoms with E-state index in [0.717, 1.165) is 22.2 Å². The number of aryl methyl sites for hydroxylation is 1. The van der Waals surface area contributed by atoms with Gasteiger partial charge in [0.25, 0.3) is 0 Å². The molecule has 2 heterocycles. The zero-order chi connectivity index (χ0) is 12.9. The van der Waals surface area contributed by atoms with Crippen LogP contribution in [0.15, 0.2) is 24.3 Å². The van der Waals surface area contributed by atoms with Gasteiger partial charge in [-0.1, -0.05) is 18.2 Å². The summed E-state index contributed by atoms with van der Waals surface area (Å²) in [6.07, 6.45) is 0.258. The predicted octanol–water partition coefficient (Wildman–Crippen LogP) is 1.62. The van der Waals surface area contributed by atoms with Crippen molar-refractivity contribution in [2.45, 2.75) is 19.3 Å². The van der Waals surface area contributed by atoms with Crippen LogP contribution in [-0.4, -0.2) is 16.4 Å². The number of rotatable bonds is 1. The lowest BCUT2D eigenvalue weighted by Gasteiger charge is -2.07. The molecule has 1 aliphatic rings. The largest absolute Gasteiger partial charge is 0.348 e.